The van der Waals surface area contributed by atoms with Crippen molar-refractivity contribution in [1.29, 1.82) is 0 Å². The molecule has 0 saturated carbocycles. The number of ether oxygens (including phenoxy) is 2. The number of anilines is 1. The van der Waals surface area contributed by atoms with E-state index in [0.29, 0.717) is 34.9 Å². The summed E-state index contributed by atoms with van der Waals surface area (Å²) in [6.07, 6.45) is 0. The van der Waals surface area contributed by atoms with Gasteiger partial charge in [0.05, 0.1) is 7.11 Å². The van der Waals surface area contributed by atoms with Crippen molar-refractivity contribution in [2.24, 2.45) is 0 Å². The van der Waals surface area contributed by atoms with Gasteiger partial charge in [-0.05, 0) is 49.0 Å². The lowest BCUT2D eigenvalue weighted by atomic mass is 10.0. The number of rotatable bonds is 10. The highest BCUT2D eigenvalue weighted by atomic mass is 19.1. The van der Waals surface area contributed by atoms with Gasteiger partial charge in [-0.25, -0.2) is 4.39 Å². The number of carbonyl (C=O) groups is 1. The Hall–Kier alpha value is -3.38. The molecule has 0 aliphatic carbocycles. The molecule has 174 valence electrons. The summed E-state index contributed by atoms with van der Waals surface area (Å²) in [5.41, 5.74) is 2.42. The number of methoxy groups -OCH3 is 1. The van der Waals surface area contributed by atoms with E-state index in [4.69, 9.17) is 9.47 Å². The van der Waals surface area contributed by atoms with E-state index in [-0.39, 0.29) is 11.7 Å². The Kier molecular flexibility index (Phi) is 8.44. The summed E-state index contributed by atoms with van der Waals surface area (Å²) in [7, 11) is 3.29. The highest BCUT2D eigenvalue weighted by Gasteiger charge is 2.16. The SMILES string of the molecule is CCN(CC)CCOc1ccc(N(C)C(=O)c2ccc(-c3ccccc3F)cc2)cc1OC. The van der Waals surface area contributed by atoms with Crippen molar-refractivity contribution in [3.8, 4) is 22.6 Å². The van der Waals surface area contributed by atoms with Crippen LogP contribution in [0.3, 0.4) is 0 Å². The van der Waals surface area contributed by atoms with Crippen LogP contribution in [0.25, 0.3) is 11.1 Å². The molecular weight excluding hydrogens is 419 g/mol. The zero-order chi connectivity index (χ0) is 23.8. The lowest BCUT2D eigenvalue weighted by Crippen LogP contribution is -2.28. The van der Waals surface area contributed by atoms with Crippen LogP contribution < -0.4 is 14.4 Å². The molecule has 0 saturated heterocycles. The smallest absolute Gasteiger partial charge is 0.258 e. The van der Waals surface area contributed by atoms with Gasteiger partial charge in [0, 0.05) is 36.5 Å². The third-order valence-corrected chi connectivity index (χ3v) is 5.72. The molecule has 0 fully saturated rings. The van der Waals surface area contributed by atoms with Crippen molar-refractivity contribution < 1.29 is 18.7 Å². The first-order valence-corrected chi connectivity index (χ1v) is 11.1. The fourth-order valence-electron chi connectivity index (χ4n) is 3.61. The minimum Gasteiger partial charge on any atom is -0.493 e. The molecule has 0 atom stereocenters. The predicted molar refractivity (Wildman–Crippen MR) is 131 cm³/mol. The Morgan fingerprint density at radius 1 is 0.939 bits per heavy atom. The number of amides is 1. The van der Waals surface area contributed by atoms with Crippen molar-refractivity contribution in [1.82, 2.24) is 4.90 Å². The molecule has 0 aromatic heterocycles. The Balaban J connectivity index is 1.71. The molecule has 0 spiro atoms. The fraction of sp³-hybridized carbons (Fsp3) is 0.296. The minimum atomic E-state index is -0.291. The van der Waals surface area contributed by atoms with Crippen LogP contribution in [0.4, 0.5) is 10.1 Å². The second-order valence-corrected chi connectivity index (χ2v) is 7.63. The highest BCUT2D eigenvalue weighted by Crippen LogP contribution is 2.32. The maximum atomic E-state index is 14.0. The Labute approximate surface area is 195 Å². The van der Waals surface area contributed by atoms with Crippen LogP contribution in [-0.4, -0.2) is 51.2 Å². The van der Waals surface area contributed by atoms with E-state index in [0.717, 1.165) is 25.2 Å². The minimum absolute atomic E-state index is 0.174. The predicted octanol–water partition coefficient (Wildman–Crippen LogP) is 5.50. The summed E-state index contributed by atoms with van der Waals surface area (Å²) in [4.78, 5) is 16.9. The Bertz CT molecular complexity index is 1070. The van der Waals surface area contributed by atoms with Gasteiger partial charge in [0.2, 0.25) is 0 Å². The first-order valence-electron chi connectivity index (χ1n) is 11.1. The molecule has 5 nitrogen and oxygen atoms in total. The van der Waals surface area contributed by atoms with Gasteiger partial charge in [0.25, 0.3) is 5.91 Å². The zero-order valence-corrected chi connectivity index (χ0v) is 19.7. The topological polar surface area (TPSA) is 42.0 Å². The summed E-state index contributed by atoms with van der Waals surface area (Å²) in [6.45, 7) is 7.59. The van der Waals surface area contributed by atoms with Crippen LogP contribution in [0.1, 0.15) is 24.2 Å². The Morgan fingerprint density at radius 2 is 1.64 bits per heavy atom. The van der Waals surface area contributed by atoms with E-state index in [1.165, 1.54) is 6.07 Å². The summed E-state index contributed by atoms with van der Waals surface area (Å²) >= 11 is 0. The van der Waals surface area contributed by atoms with Crippen LogP contribution >= 0.6 is 0 Å². The summed E-state index contributed by atoms with van der Waals surface area (Å²) in [5.74, 6) is 0.748. The van der Waals surface area contributed by atoms with E-state index in [2.05, 4.69) is 18.7 Å². The van der Waals surface area contributed by atoms with Crippen molar-refractivity contribution in [3.05, 3.63) is 78.1 Å². The van der Waals surface area contributed by atoms with Crippen molar-refractivity contribution in [2.45, 2.75) is 13.8 Å². The molecule has 0 radical (unpaired) electrons. The molecule has 0 heterocycles. The number of carbonyl (C=O) groups excluding carboxylic acids is 1. The van der Waals surface area contributed by atoms with Crippen LogP contribution in [0.2, 0.25) is 0 Å². The van der Waals surface area contributed by atoms with Gasteiger partial charge in [0.1, 0.15) is 12.4 Å². The largest absolute Gasteiger partial charge is 0.493 e. The third kappa shape index (κ3) is 5.90. The van der Waals surface area contributed by atoms with E-state index < -0.39 is 0 Å². The average molecular weight is 451 g/mol. The molecule has 3 aromatic rings. The van der Waals surface area contributed by atoms with E-state index in [1.807, 2.05) is 12.1 Å². The van der Waals surface area contributed by atoms with Crippen LogP contribution in [0.15, 0.2) is 66.7 Å². The molecule has 3 rings (SSSR count). The van der Waals surface area contributed by atoms with Crippen molar-refractivity contribution in [3.63, 3.8) is 0 Å². The van der Waals surface area contributed by atoms with E-state index in [9.17, 15) is 9.18 Å². The monoisotopic (exact) mass is 450 g/mol. The van der Waals surface area contributed by atoms with Gasteiger partial charge >= 0.3 is 0 Å². The second kappa shape index (κ2) is 11.5. The van der Waals surface area contributed by atoms with Crippen molar-refractivity contribution >= 4 is 11.6 Å². The first-order chi connectivity index (χ1) is 16.0. The van der Waals surface area contributed by atoms with Gasteiger partial charge < -0.3 is 19.3 Å². The molecule has 0 aliphatic rings. The summed E-state index contributed by atoms with van der Waals surface area (Å²) < 4.78 is 25.4. The lowest BCUT2D eigenvalue weighted by molar-refractivity contribution is 0.0993. The number of hydrogen-bond donors (Lipinski definition) is 0. The van der Waals surface area contributed by atoms with Gasteiger partial charge in [-0.2, -0.15) is 0 Å². The van der Waals surface area contributed by atoms with Gasteiger partial charge in [-0.15, -0.1) is 0 Å². The molecule has 0 bridgehead atoms. The Morgan fingerprint density at radius 3 is 2.27 bits per heavy atom. The second-order valence-electron chi connectivity index (χ2n) is 7.63. The van der Waals surface area contributed by atoms with Gasteiger partial charge in [-0.1, -0.05) is 44.2 Å². The first kappa shape index (κ1) is 24.3. The maximum Gasteiger partial charge on any atom is 0.258 e. The summed E-state index contributed by atoms with van der Waals surface area (Å²) in [6, 6.07) is 19.0. The van der Waals surface area contributed by atoms with E-state index in [1.54, 1.807) is 67.6 Å². The number of hydrogen-bond acceptors (Lipinski definition) is 4. The van der Waals surface area contributed by atoms with Gasteiger partial charge in [0.15, 0.2) is 11.5 Å². The van der Waals surface area contributed by atoms with E-state index >= 15 is 0 Å². The molecule has 0 N–H and O–H groups in total. The lowest BCUT2D eigenvalue weighted by Gasteiger charge is -2.21. The summed E-state index contributed by atoms with van der Waals surface area (Å²) in [5, 5.41) is 0. The van der Waals surface area contributed by atoms with Crippen LogP contribution in [0, 0.1) is 5.82 Å². The number of likely N-dealkylation sites (N-methyl/N-ethyl adjacent to an activating group) is 1. The number of nitrogens with zero attached hydrogens (tertiary/aromatic N) is 2. The normalized spacial score (nSPS) is 10.8. The third-order valence-electron chi connectivity index (χ3n) is 5.72. The molecule has 0 aliphatic heterocycles. The average Bonchev–Trinajstić information content (AvgIpc) is 2.86. The zero-order valence-electron chi connectivity index (χ0n) is 19.7. The van der Waals surface area contributed by atoms with Crippen LogP contribution in [-0.2, 0) is 0 Å². The molecule has 1 amide bonds. The highest BCUT2D eigenvalue weighted by molar-refractivity contribution is 6.06. The number of benzene rings is 3. The van der Waals surface area contributed by atoms with Crippen LogP contribution in [0.5, 0.6) is 11.5 Å². The maximum absolute atomic E-state index is 14.0. The quantitative estimate of drug-likeness (QED) is 0.409. The number of halogens is 1. The standard InChI is InChI=1S/C27H31FN2O3/c1-5-30(6-2)17-18-33-25-16-15-22(19-26(25)32-4)29(3)27(31)21-13-11-20(12-14-21)23-9-7-8-10-24(23)28/h7-16,19H,5-6,17-18H2,1-4H3. The fourth-order valence-corrected chi connectivity index (χ4v) is 3.61. The molecule has 33 heavy (non-hydrogen) atoms. The molecule has 6 heteroatoms. The molecule has 3 aromatic carbocycles. The van der Waals surface area contributed by atoms with Gasteiger partial charge in [-0.3, -0.25) is 4.79 Å². The van der Waals surface area contributed by atoms with Crippen molar-refractivity contribution in [2.75, 3.05) is 45.3 Å². The molecular formula is C27H31FN2O3. The molecule has 0 unspecified atom stereocenters.